The Bertz CT molecular complexity index is 1240. The third-order valence-corrected chi connectivity index (χ3v) is 5.59. The van der Waals surface area contributed by atoms with Crippen molar-refractivity contribution in [2.24, 2.45) is 0 Å². The number of hydrogen-bond donors (Lipinski definition) is 0. The Kier molecular flexibility index (Phi) is 7.35. The van der Waals surface area contributed by atoms with Crippen molar-refractivity contribution in [3.8, 4) is 5.82 Å². The molecule has 0 saturated heterocycles. The zero-order valence-electron chi connectivity index (χ0n) is 20.1. The maximum Gasteiger partial charge on any atom is 0.340 e. The monoisotopic (exact) mass is 468 g/mol. The third kappa shape index (κ3) is 6.00. The highest BCUT2D eigenvalue weighted by Gasteiger charge is 2.25. The van der Waals surface area contributed by atoms with Gasteiger partial charge in [0.1, 0.15) is 0 Å². The van der Waals surface area contributed by atoms with Crippen LogP contribution in [0.1, 0.15) is 39.8 Å². The number of amides is 1. The van der Waals surface area contributed by atoms with E-state index in [0.717, 1.165) is 22.5 Å². The van der Waals surface area contributed by atoms with Crippen LogP contribution in [0.4, 0.5) is 0 Å². The number of rotatable bonds is 8. The largest absolute Gasteiger partial charge is 0.449 e. The highest BCUT2D eigenvalue weighted by Crippen LogP contribution is 2.15. The molecule has 7 nitrogen and oxygen atoms in total. The van der Waals surface area contributed by atoms with E-state index in [0.29, 0.717) is 18.9 Å². The Morgan fingerprint density at radius 1 is 0.914 bits per heavy atom. The molecule has 1 unspecified atom stereocenters. The van der Waals surface area contributed by atoms with Crippen LogP contribution in [0.15, 0.2) is 85.1 Å². The quantitative estimate of drug-likeness (QED) is 0.352. The van der Waals surface area contributed by atoms with Gasteiger partial charge in [0.15, 0.2) is 11.9 Å². The lowest BCUT2D eigenvalue weighted by Gasteiger charge is -2.26. The van der Waals surface area contributed by atoms with E-state index in [2.05, 4.69) is 10.1 Å². The van der Waals surface area contributed by atoms with Gasteiger partial charge in [0.2, 0.25) is 0 Å². The fourth-order valence-electron chi connectivity index (χ4n) is 3.85. The molecule has 0 N–H and O–H groups in total. The van der Waals surface area contributed by atoms with Crippen LogP contribution in [0.3, 0.4) is 0 Å². The van der Waals surface area contributed by atoms with Crippen LogP contribution >= 0.6 is 0 Å². The summed E-state index contributed by atoms with van der Waals surface area (Å²) < 4.78 is 7.25. The molecule has 2 aromatic carbocycles. The van der Waals surface area contributed by atoms with Gasteiger partial charge in [-0.2, -0.15) is 5.10 Å². The number of benzene rings is 2. The summed E-state index contributed by atoms with van der Waals surface area (Å²) in [5, 5.41) is 4.40. The molecule has 2 heterocycles. The minimum atomic E-state index is -0.953. The predicted molar refractivity (Wildman–Crippen MR) is 133 cm³/mol. The Hall–Kier alpha value is -4.26. The van der Waals surface area contributed by atoms with Crippen molar-refractivity contribution in [2.75, 3.05) is 0 Å². The molecule has 0 bridgehead atoms. The molecular formula is C28H28N4O3. The number of aryl methyl sites for hydroxylation is 2. The van der Waals surface area contributed by atoms with Gasteiger partial charge < -0.3 is 9.64 Å². The van der Waals surface area contributed by atoms with E-state index in [-0.39, 0.29) is 11.5 Å². The molecule has 7 heteroatoms. The third-order valence-electron chi connectivity index (χ3n) is 5.59. The minimum absolute atomic E-state index is 0.265. The zero-order valence-corrected chi connectivity index (χ0v) is 20.1. The summed E-state index contributed by atoms with van der Waals surface area (Å²) in [6.45, 7) is 6.27. The van der Waals surface area contributed by atoms with E-state index in [1.807, 2.05) is 80.6 Å². The van der Waals surface area contributed by atoms with E-state index in [4.69, 9.17) is 4.74 Å². The number of hydrogen-bond acceptors (Lipinski definition) is 5. The molecule has 4 aromatic rings. The van der Waals surface area contributed by atoms with Gasteiger partial charge in [-0.25, -0.2) is 14.5 Å². The van der Waals surface area contributed by atoms with E-state index >= 15 is 0 Å². The molecule has 0 aliphatic rings. The Morgan fingerprint density at radius 3 is 2.00 bits per heavy atom. The lowest BCUT2D eigenvalue weighted by Crippen LogP contribution is -2.39. The van der Waals surface area contributed by atoms with Crippen molar-refractivity contribution in [3.63, 3.8) is 0 Å². The fourth-order valence-corrected chi connectivity index (χ4v) is 3.85. The summed E-state index contributed by atoms with van der Waals surface area (Å²) in [6.07, 6.45) is 0.488. The maximum absolute atomic E-state index is 13.3. The molecule has 0 saturated carbocycles. The van der Waals surface area contributed by atoms with Crippen LogP contribution in [0.5, 0.6) is 0 Å². The van der Waals surface area contributed by atoms with Crippen LogP contribution in [-0.2, 0) is 22.6 Å². The molecule has 2 aromatic heterocycles. The lowest BCUT2D eigenvalue weighted by atomic mass is 10.1. The number of pyridine rings is 1. The fraction of sp³-hybridized carbons (Fsp3) is 0.214. The second-order valence-corrected chi connectivity index (χ2v) is 8.46. The summed E-state index contributed by atoms with van der Waals surface area (Å²) in [6, 6.07) is 24.8. The molecule has 1 amide bonds. The molecule has 0 radical (unpaired) electrons. The first-order valence-electron chi connectivity index (χ1n) is 11.5. The van der Waals surface area contributed by atoms with Gasteiger partial charge in [0.05, 0.1) is 11.3 Å². The zero-order chi connectivity index (χ0) is 24.8. The summed E-state index contributed by atoms with van der Waals surface area (Å²) in [7, 11) is 0. The molecular weight excluding hydrogens is 440 g/mol. The molecule has 1 atom stereocenters. The summed E-state index contributed by atoms with van der Waals surface area (Å²) in [4.78, 5) is 32.1. The summed E-state index contributed by atoms with van der Waals surface area (Å²) in [5.41, 5.74) is 4.10. The Balaban J connectivity index is 1.46. The SMILES string of the molecule is Cc1cc(C)n(-c2ccc(C(=O)OC(C)C(=O)N(Cc3ccccc3)Cc3ccccc3)cn2)n1. The normalized spacial score (nSPS) is 11.6. The molecule has 0 spiro atoms. The van der Waals surface area contributed by atoms with Gasteiger partial charge in [0, 0.05) is 25.0 Å². The molecule has 0 aliphatic heterocycles. The van der Waals surface area contributed by atoms with Gasteiger partial charge >= 0.3 is 5.97 Å². The lowest BCUT2D eigenvalue weighted by molar-refractivity contribution is -0.141. The first-order valence-corrected chi connectivity index (χ1v) is 11.5. The highest BCUT2D eigenvalue weighted by atomic mass is 16.5. The van der Waals surface area contributed by atoms with Crippen molar-refractivity contribution in [1.29, 1.82) is 0 Å². The second-order valence-electron chi connectivity index (χ2n) is 8.46. The highest BCUT2D eigenvalue weighted by molar-refractivity contribution is 5.92. The number of aromatic nitrogens is 3. The van der Waals surface area contributed by atoms with Crippen LogP contribution in [0, 0.1) is 13.8 Å². The van der Waals surface area contributed by atoms with Gasteiger partial charge in [0.25, 0.3) is 5.91 Å². The van der Waals surface area contributed by atoms with Gasteiger partial charge in [-0.15, -0.1) is 0 Å². The van der Waals surface area contributed by atoms with Crippen LogP contribution in [-0.4, -0.2) is 37.6 Å². The van der Waals surface area contributed by atoms with E-state index in [1.54, 1.807) is 28.6 Å². The van der Waals surface area contributed by atoms with Gasteiger partial charge in [-0.1, -0.05) is 60.7 Å². The number of esters is 1. The topological polar surface area (TPSA) is 77.3 Å². The first-order chi connectivity index (χ1) is 16.9. The molecule has 0 fully saturated rings. The molecule has 35 heavy (non-hydrogen) atoms. The average Bonchev–Trinajstić information content (AvgIpc) is 3.22. The Labute approximate surface area is 205 Å². The van der Waals surface area contributed by atoms with Crippen molar-refractivity contribution < 1.29 is 14.3 Å². The molecule has 4 rings (SSSR count). The van der Waals surface area contributed by atoms with Crippen LogP contribution in [0.2, 0.25) is 0 Å². The van der Waals surface area contributed by atoms with Crippen LogP contribution < -0.4 is 0 Å². The van der Waals surface area contributed by atoms with Gasteiger partial charge in [-0.05, 0) is 50.1 Å². The van der Waals surface area contributed by atoms with E-state index < -0.39 is 12.1 Å². The second kappa shape index (κ2) is 10.8. The molecule has 178 valence electrons. The summed E-state index contributed by atoms with van der Waals surface area (Å²) >= 11 is 0. The number of carbonyl (C=O) groups is 2. The smallest absolute Gasteiger partial charge is 0.340 e. The van der Waals surface area contributed by atoms with Crippen molar-refractivity contribution in [1.82, 2.24) is 19.7 Å². The van der Waals surface area contributed by atoms with Crippen LogP contribution in [0.25, 0.3) is 5.82 Å². The van der Waals surface area contributed by atoms with Crippen molar-refractivity contribution >= 4 is 11.9 Å². The van der Waals surface area contributed by atoms with E-state index in [9.17, 15) is 9.59 Å². The maximum atomic E-state index is 13.3. The number of ether oxygens (including phenoxy) is 1. The molecule has 0 aliphatic carbocycles. The predicted octanol–water partition coefficient (Wildman–Crippen LogP) is 4.66. The number of nitrogens with zero attached hydrogens (tertiary/aromatic N) is 4. The van der Waals surface area contributed by atoms with Crippen molar-refractivity contribution in [3.05, 3.63) is 113 Å². The average molecular weight is 469 g/mol. The minimum Gasteiger partial charge on any atom is -0.449 e. The standard InChI is InChI=1S/C28H28N4O3/c1-20-16-21(2)32(30-20)26-15-14-25(17-29-26)28(34)35-22(3)27(33)31(18-23-10-6-4-7-11-23)19-24-12-8-5-9-13-24/h4-17,22H,18-19H2,1-3H3. The number of carbonyl (C=O) groups excluding carboxylic acids is 2. The first kappa shape index (κ1) is 23.9. The Morgan fingerprint density at radius 2 is 1.51 bits per heavy atom. The van der Waals surface area contributed by atoms with E-state index in [1.165, 1.54) is 6.20 Å². The van der Waals surface area contributed by atoms with Crippen molar-refractivity contribution in [2.45, 2.75) is 40.0 Å². The van der Waals surface area contributed by atoms with Gasteiger partial charge in [-0.3, -0.25) is 4.79 Å². The summed E-state index contributed by atoms with van der Waals surface area (Å²) in [5.74, 6) is -0.260.